The SMILES string of the molecule is COC(=O)COc1cc(Br)c(/C=C2/SC(=O)N(CC(=O)c3ccc(Br)cc3)C2=O)cc1OC. The number of halogens is 2. The first kappa shape index (κ1) is 25.0. The number of hydrogen-bond acceptors (Lipinski definition) is 8. The number of amides is 2. The molecule has 2 aromatic carbocycles. The van der Waals surface area contributed by atoms with Crippen molar-refractivity contribution in [3.8, 4) is 11.5 Å². The molecule has 11 heteroatoms. The summed E-state index contributed by atoms with van der Waals surface area (Å²) in [7, 11) is 2.68. The Hall–Kier alpha value is -2.63. The summed E-state index contributed by atoms with van der Waals surface area (Å²) in [5.41, 5.74) is 0.943. The summed E-state index contributed by atoms with van der Waals surface area (Å²) in [5.74, 6) is -0.852. The van der Waals surface area contributed by atoms with E-state index >= 15 is 0 Å². The van der Waals surface area contributed by atoms with Gasteiger partial charge in [0.1, 0.15) is 0 Å². The predicted octanol–water partition coefficient (Wildman–Crippen LogP) is 4.69. The summed E-state index contributed by atoms with van der Waals surface area (Å²) in [4.78, 5) is 50.2. The Morgan fingerprint density at radius 3 is 2.39 bits per heavy atom. The Morgan fingerprint density at radius 1 is 1.06 bits per heavy atom. The Balaban J connectivity index is 1.79. The normalized spacial score (nSPS) is 14.5. The topological polar surface area (TPSA) is 99.2 Å². The van der Waals surface area contributed by atoms with E-state index in [0.717, 1.165) is 21.1 Å². The van der Waals surface area contributed by atoms with Crippen molar-refractivity contribution in [2.24, 2.45) is 0 Å². The minimum atomic E-state index is -0.563. The average Bonchev–Trinajstić information content (AvgIpc) is 3.06. The highest BCUT2D eigenvalue weighted by Gasteiger charge is 2.36. The van der Waals surface area contributed by atoms with E-state index in [0.29, 0.717) is 27.1 Å². The Labute approximate surface area is 210 Å². The molecule has 1 fully saturated rings. The molecule has 1 aliphatic heterocycles. The Kier molecular flexibility index (Phi) is 8.33. The zero-order valence-electron chi connectivity index (χ0n) is 17.4. The number of methoxy groups -OCH3 is 2. The van der Waals surface area contributed by atoms with Gasteiger partial charge < -0.3 is 14.2 Å². The van der Waals surface area contributed by atoms with Crippen molar-refractivity contribution in [1.29, 1.82) is 0 Å². The first-order valence-corrected chi connectivity index (χ1v) is 11.7. The van der Waals surface area contributed by atoms with Gasteiger partial charge in [0, 0.05) is 14.5 Å². The lowest BCUT2D eigenvalue weighted by Gasteiger charge is -2.12. The molecule has 0 aliphatic carbocycles. The lowest BCUT2D eigenvalue weighted by atomic mass is 10.1. The number of nitrogens with zero attached hydrogens (tertiary/aromatic N) is 1. The van der Waals surface area contributed by atoms with Crippen molar-refractivity contribution < 1.29 is 33.4 Å². The second kappa shape index (κ2) is 11.0. The van der Waals surface area contributed by atoms with Crippen LogP contribution in [0.1, 0.15) is 15.9 Å². The van der Waals surface area contributed by atoms with Gasteiger partial charge in [0.15, 0.2) is 23.9 Å². The van der Waals surface area contributed by atoms with E-state index in [4.69, 9.17) is 9.47 Å². The van der Waals surface area contributed by atoms with Crippen LogP contribution >= 0.6 is 43.6 Å². The second-order valence-electron chi connectivity index (χ2n) is 6.59. The molecule has 0 radical (unpaired) electrons. The van der Waals surface area contributed by atoms with E-state index in [1.54, 1.807) is 36.4 Å². The Morgan fingerprint density at radius 2 is 1.76 bits per heavy atom. The van der Waals surface area contributed by atoms with E-state index in [9.17, 15) is 19.2 Å². The van der Waals surface area contributed by atoms with Crippen LogP contribution in [0.15, 0.2) is 50.2 Å². The van der Waals surface area contributed by atoms with E-state index in [2.05, 4.69) is 36.6 Å². The number of carbonyl (C=O) groups is 4. The fourth-order valence-corrected chi connectivity index (χ4v) is 4.31. The third-order valence-corrected chi connectivity index (χ3v) is 6.61. The molecule has 0 aromatic heterocycles. The number of thioether (sulfide) groups is 1. The highest BCUT2D eigenvalue weighted by atomic mass is 79.9. The van der Waals surface area contributed by atoms with Crippen molar-refractivity contribution in [3.63, 3.8) is 0 Å². The molecule has 8 nitrogen and oxygen atoms in total. The number of benzene rings is 2. The van der Waals surface area contributed by atoms with Crippen molar-refractivity contribution in [2.75, 3.05) is 27.4 Å². The molecule has 0 saturated carbocycles. The molecule has 0 bridgehead atoms. The van der Waals surface area contributed by atoms with E-state index in [1.165, 1.54) is 20.3 Å². The number of imide groups is 1. The van der Waals surface area contributed by atoms with Gasteiger partial charge in [-0.15, -0.1) is 0 Å². The summed E-state index contributed by atoms with van der Waals surface area (Å²) >= 11 is 7.44. The van der Waals surface area contributed by atoms with Crippen LogP contribution in [-0.2, 0) is 14.3 Å². The molecule has 0 unspecified atom stereocenters. The fourth-order valence-electron chi connectivity index (χ4n) is 2.78. The van der Waals surface area contributed by atoms with Crippen molar-refractivity contribution in [2.45, 2.75) is 0 Å². The summed E-state index contributed by atoms with van der Waals surface area (Å²) in [6.45, 7) is -0.654. The minimum absolute atomic E-state index is 0.162. The van der Waals surface area contributed by atoms with Gasteiger partial charge in [-0.25, -0.2) is 4.79 Å². The molecule has 1 heterocycles. The van der Waals surface area contributed by atoms with Crippen LogP contribution in [-0.4, -0.2) is 55.2 Å². The highest BCUT2D eigenvalue weighted by Crippen LogP contribution is 2.38. The molecule has 3 rings (SSSR count). The van der Waals surface area contributed by atoms with Crippen molar-refractivity contribution >= 4 is 72.6 Å². The molecule has 2 amide bonds. The average molecular weight is 599 g/mol. The number of hydrogen-bond donors (Lipinski definition) is 0. The van der Waals surface area contributed by atoms with Crippen LogP contribution in [0, 0.1) is 0 Å². The molecule has 33 heavy (non-hydrogen) atoms. The molecule has 172 valence electrons. The maximum Gasteiger partial charge on any atom is 0.343 e. The third-order valence-electron chi connectivity index (χ3n) is 4.48. The molecule has 1 aliphatic rings. The Bertz CT molecular complexity index is 1150. The zero-order chi connectivity index (χ0) is 24.1. The van der Waals surface area contributed by atoms with Gasteiger partial charge in [-0.1, -0.05) is 44.0 Å². The maximum absolute atomic E-state index is 12.8. The minimum Gasteiger partial charge on any atom is -0.493 e. The number of esters is 1. The quantitative estimate of drug-likeness (QED) is 0.245. The maximum atomic E-state index is 12.8. The van der Waals surface area contributed by atoms with E-state index in [1.807, 2.05) is 0 Å². The monoisotopic (exact) mass is 597 g/mol. The van der Waals surface area contributed by atoms with Crippen LogP contribution in [0.2, 0.25) is 0 Å². The zero-order valence-corrected chi connectivity index (χ0v) is 21.4. The molecule has 0 N–H and O–H groups in total. The highest BCUT2D eigenvalue weighted by molar-refractivity contribution is 9.10. The van der Waals surface area contributed by atoms with Crippen LogP contribution in [0.5, 0.6) is 11.5 Å². The first-order chi connectivity index (χ1) is 15.7. The number of carbonyl (C=O) groups excluding carboxylic acids is 4. The summed E-state index contributed by atoms with van der Waals surface area (Å²) in [5, 5.41) is -0.530. The summed E-state index contributed by atoms with van der Waals surface area (Å²) in [6.07, 6.45) is 1.52. The van der Waals surface area contributed by atoms with E-state index in [-0.39, 0.29) is 23.8 Å². The van der Waals surface area contributed by atoms with E-state index < -0.39 is 17.1 Å². The number of ketones is 1. The summed E-state index contributed by atoms with van der Waals surface area (Å²) in [6, 6.07) is 9.84. The second-order valence-corrected chi connectivity index (χ2v) is 9.35. The van der Waals surface area contributed by atoms with Crippen molar-refractivity contribution in [3.05, 3.63) is 61.4 Å². The summed E-state index contributed by atoms with van der Waals surface area (Å²) < 4.78 is 16.6. The van der Waals surface area contributed by atoms with Gasteiger partial charge in [0.2, 0.25) is 0 Å². The van der Waals surface area contributed by atoms with Crippen LogP contribution in [0.4, 0.5) is 4.79 Å². The van der Waals surface area contributed by atoms with Gasteiger partial charge in [-0.2, -0.15) is 0 Å². The third kappa shape index (κ3) is 6.04. The number of rotatable bonds is 8. The van der Waals surface area contributed by atoms with Crippen LogP contribution in [0.3, 0.4) is 0 Å². The van der Waals surface area contributed by atoms with Gasteiger partial charge >= 0.3 is 5.97 Å². The largest absolute Gasteiger partial charge is 0.493 e. The van der Waals surface area contributed by atoms with Gasteiger partial charge in [-0.3, -0.25) is 19.3 Å². The number of Topliss-reactive ketones (excluding diaryl/α,β-unsaturated/α-hetero) is 1. The smallest absolute Gasteiger partial charge is 0.343 e. The molecular formula is C22H17Br2NO7S. The lowest BCUT2D eigenvalue weighted by Crippen LogP contribution is -2.33. The molecule has 0 spiro atoms. The molecular weight excluding hydrogens is 582 g/mol. The number of ether oxygens (including phenoxy) is 3. The first-order valence-electron chi connectivity index (χ1n) is 9.34. The van der Waals surface area contributed by atoms with Crippen molar-refractivity contribution in [1.82, 2.24) is 4.90 Å². The van der Waals surface area contributed by atoms with Gasteiger partial charge in [-0.05, 0) is 47.7 Å². The fraction of sp³-hybridized carbons (Fsp3) is 0.182. The lowest BCUT2D eigenvalue weighted by molar-refractivity contribution is -0.142. The standard InChI is InChI=1S/C22H17Br2NO7S/c1-30-17-7-13(15(24)9-18(17)32-11-20(27)31-2)8-19-21(28)25(22(29)33-19)10-16(26)12-3-5-14(23)6-4-12/h3-9H,10-11H2,1-2H3/b19-8+. The van der Waals surface area contributed by atoms with Crippen LogP contribution in [0.25, 0.3) is 6.08 Å². The van der Waals surface area contributed by atoms with Gasteiger partial charge in [0.05, 0.1) is 25.7 Å². The van der Waals surface area contributed by atoms with Gasteiger partial charge in [0.25, 0.3) is 11.1 Å². The molecule has 2 aromatic rings. The van der Waals surface area contributed by atoms with Crippen LogP contribution < -0.4 is 9.47 Å². The molecule has 1 saturated heterocycles. The predicted molar refractivity (Wildman–Crippen MR) is 129 cm³/mol. The molecule has 0 atom stereocenters.